The highest BCUT2D eigenvalue weighted by atomic mass is 16.6. The molecule has 0 radical (unpaired) electrons. The van der Waals surface area contributed by atoms with Crippen LogP contribution in [0.3, 0.4) is 0 Å². The van der Waals surface area contributed by atoms with Gasteiger partial charge >= 0.3 is 17.9 Å². The van der Waals surface area contributed by atoms with Crippen molar-refractivity contribution in [2.24, 2.45) is 5.92 Å². The highest BCUT2D eigenvalue weighted by molar-refractivity contribution is 5.99. The fourth-order valence-electron chi connectivity index (χ4n) is 4.67. The molecule has 210 valence electrons. The molecule has 0 bridgehead atoms. The first-order valence-electron chi connectivity index (χ1n) is 13.6. The van der Waals surface area contributed by atoms with Crippen molar-refractivity contribution in [3.63, 3.8) is 0 Å². The van der Waals surface area contributed by atoms with E-state index in [1.165, 1.54) is 7.11 Å². The summed E-state index contributed by atoms with van der Waals surface area (Å²) in [5.74, 6) is -0.0432. The Morgan fingerprint density at radius 1 is 1.08 bits per heavy atom. The Morgan fingerprint density at radius 2 is 1.84 bits per heavy atom. The van der Waals surface area contributed by atoms with Crippen LogP contribution in [0.4, 0.5) is 0 Å². The Hall–Kier alpha value is -3.16. The van der Waals surface area contributed by atoms with Crippen molar-refractivity contribution in [3.05, 3.63) is 33.9 Å². The van der Waals surface area contributed by atoms with Gasteiger partial charge in [-0.25, -0.2) is 4.79 Å². The molecular formula is C30H42O8. The summed E-state index contributed by atoms with van der Waals surface area (Å²) in [5.41, 5.74) is 3.16. The van der Waals surface area contributed by atoms with Crippen LogP contribution in [0.15, 0.2) is 11.6 Å². The van der Waals surface area contributed by atoms with E-state index in [9.17, 15) is 19.2 Å². The topological polar surface area (TPSA) is 105 Å². The van der Waals surface area contributed by atoms with Gasteiger partial charge in [-0.1, -0.05) is 44.8 Å². The van der Waals surface area contributed by atoms with Gasteiger partial charge < -0.3 is 23.7 Å². The summed E-state index contributed by atoms with van der Waals surface area (Å²) >= 11 is 0. The highest BCUT2D eigenvalue weighted by Crippen LogP contribution is 2.43. The molecule has 8 nitrogen and oxygen atoms in total. The fourth-order valence-corrected chi connectivity index (χ4v) is 4.67. The van der Waals surface area contributed by atoms with E-state index >= 15 is 0 Å². The lowest BCUT2D eigenvalue weighted by Crippen LogP contribution is -2.14. The van der Waals surface area contributed by atoms with E-state index in [1.54, 1.807) is 0 Å². The SMILES string of the molecule is CCCC(CC)CCOC(=O)CC/C(C)=C/Cc1c(OC)c(C)c2c(c1OC(=O)CCCC=O)C(=O)OC2. The number of allylic oxidation sites excluding steroid dienone is 2. The molecule has 0 aromatic heterocycles. The normalized spacial score (nSPS) is 13.5. The quantitative estimate of drug-likeness (QED) is 0.0797. The third-order valence-corrected chi connectivity index (χ3v) is 6.99. The smallest absolute Gasteiger partial charge is 0.342 e. The molecule has 1 aromatic carbocycles. The minimum atomic E-state index is -0.546. The Labute approximate surface area is 226 Å². The lowest BCUT2D eigenvalue weighted by Gasteiger charge is -2.19. The van der Waals surface area contributed by atoms with Crippen molar-refractivity contribution < 1.29 is 38.1 Å². The van der Waals surface area contributed by atoms with Crippen molar-refractivity contribution in [3.8, 4) is 11.5 Å². The van der Waals surface area contributed by atoms with Crippen molar-refractivity contribution in [2.75, 3.05) is 13.7 Å². The van der Waals surface area contributed by atoms with Gasteiger partial charge in [0, 0.05) is 30.4 Å². The molecule has 1 heterocycles. The number of rotatable bonds is 17. The number of benzene rings is 1. The molecule has 38 heavy (non-hydrogen) atoms. The number of hydrogen-bond donors (Lipinski definition) is 0. The van der Waals surface area contributed by atoms with Gasteiger partial charge in [0.15, 0.2) is 5.75 Å². The summed E-state index contributed by atoms with van der Waals surface area (Å²) in [6.45, 7) is 8.63. The monoisotopic (exact) mass is 530 g/mol. The second kappa shape index (κ2) is 15.9. The summed E-state index contributed by atoms with van der Waals surface area (Å²) in [6, 6.07) is 0. The van der Waals surface area contributed by atoms with Crippen molar-refractivity contribution in [2.45, 2.75) is 98.5 Å². The predicted molar refractivity (Wildman–Crippen MR) is 143 cm³/mol. The Morgan fingerprint density at radius 3 is 2.50 bits per heavy atom. The number of carbonyl (C=O) groups is 4. The highest BCUT2D eigenvalue weighted by Gasteiger charge is 2.34. The minimum absolute atomic E-state index is 0.0482. The molecule has 0 amide bonds. The first-order valence-corrected chi connectivity index (χ1v) is 13.6. The van der Waals surface area contributed by atoms with E-state index in [2.05, 4.69) is 13.8 Å². The molecule has 1 aliphatic heterocycles. The first kappa shape index (κ1) is 31.1. The van der Waals surface area contributed by atoms with Crippen LogP contribution in [-0.2, 0) is 36.9 Å². The maximum Gasteiger partial charge on any atom is 0.342 e. The Balaban J connectivity index is 2.14. The zero-order valence-electron chi connectivity index (χ0n) is 23.5. The summed E-state index contributed by atoms with van der Waals surface area (Å²) in [6.07, 6.45) is 8.75. The number of fused-ring (bicyclic) bond motifs is 1. The zero-order chi connectivity index (χ0) is 28.1. The van der Waals surface area contributed by atoms with Crippen molar-refractivity contribution in [1.82, 2.24) is 0 Å². The van der Waals surface area contributed by atoms with Crippen LogP contribution in [0.25, 0.3) is 0 Å². The predicted octanol–water partition coefficient (Wildman–Crippen LogP) is 5.98. The molecule has 2 rings (SSSR count). The van der Waals surface area contributed by atoms with Gasteiger partial charge in [-0.2, -0.15) is 0 Å². The van der Waals surface area contributed by atoms with Gasteiger partial charge in [0.1, 0.15) is 24.2 Å². The van der Waals surface area contributed by atoms with Crippen LogP contribution in [0, 0.1) is 12.8 Å². The lowest BCUT2D eigenvalue weighted by molar-refractivity contribution is -0.144. The molecule has 0 fully saturated rings. The molecule has 0 aliphatic carbocycles. The van der Waals surface area contributed by atoms with Crippen LogP contribution >= 0.6 is 0 Å². The average Bonchev–Trinajstić information content (AvgIpc) is 3.29. The number of ether oxygens (including phenoxy) is 4. The summed E-state index contributed by atoms with van der Waals surface area (Å²) < 4.78 is 22.0. The zero-order valence-corrected chi connectivity index (χ0v) is 23.5. The second-order valence-electron chi connectivity index (χ2n) is 9.76. The Kier molecular flexibility index (Phi) is 13.0. The molecular weight excluding hydrogens is 488 g/mol. The average molecular weight is 531 g/mol. The van der Waals surface area contributed by atoms with E-state index in [0.29, 0.717) is 48.7 Å². The van der Waals surface area contributed by atoms with Crippen molar-refractivity contribution >= 4 is 24.2 Å². The second-order valence-corrected chi connectivity index (χ2v) is 9.76. The van der Waals surface area contributed by atoms with Crippen LogP contribution in [0.5, 0.6) is 11.5 Å². The number of unbranched alkanes of at least 4 members (excludes halogenated alkanes) is 1. The van der Waals surface area contributed by atoms with Crippen LogP contribution in [-0.4, -0.2) is 37.9 Å². The number of carbonyl (C=O) groups excluding carboxylic acids is 4. The largest absolute Gasteiger partial charge is 0.496 e. The summed E-state index contributed by atoms with van der Waals surface area (Å²) in [4.78, 5) is 47.9. The third-order valence-electron chi connectivity index (χ3n) is 6.99. The van der Waals surface area contributed by atoms with Gasteiger partial charge in [0.2, 0.25) is 0 Å². The molecule has 0 saturated heterocycles. The maximum absolute atomic E-state index is 12.6. The van der Waals surface area contributed by atoms with Crippen molar-refractivity contribution in [1.29, 1.82) is 0 Å². The van der Waals surface area contributed by atoms with Gasteiger partial charge in [-0.15, -0.1) is 0 Å². The van der Waals surface area contributed by atoms with E-state index in [-0.39, 0.29) is 43.2 Å². The molecule has 1 aromatic rings. The molecule has 8 heteroatoms. The van der Waals surface area contributed by atoms with E-state index < -0.39 is 11.9 Å². The maximum atomic E-state index is 12.6. The van der Waals surface area contributed by atoms with Crippen LogP contribution in [0.2, 0.25) is 0 Å². The summed E-state index contributed by atoms with van der Waals surface area (Å²) in [7, 11) is 1.53. The van der Waals surface area contributed by atoms with Crippen LogP contribution in [0.1, 0.15) is 106 Å². The number of esters is 3. The van der Waals surface area contributed by atoms with Crippen LogP contribution < -0.4 is 9.47 Å². The van der Waals surface area contributed by atoms with Gasteiger partial charge in [-0.3, -0.25) is 9.59 Å². The molecule has 0 spiro atoms. The molecule has 1 aliphatic rings. The number of aldehydes is 1. The first-order chi connectivity index (χ1) is 18.3. The Bertz CT molecular complexity index is 1020. The minimum Gasteiger partial charge on any atom is -0.496 e. The van der Waals surface area contributed by atoms with E-state index in [1.807, 2.05) is 19.9 Å². The fraction of sp³-hybridized carbons (Fsp3) is 0.600. The number of methoxy groups -OCH3 is 1. The van der Waals surface area contributed by atoms with E-state index in [0.717, 1.165) is 43.1 Å². The standard InChI is InChI=1S/C30H42O8/c1-6-10-22(7-2)16-18-36-25(32)15-13-20(3)12-14-23-28(35-5)21(4)24-19-37-30(34)27(24)29(23)38-26(33)11-8-9-17-31/h12,17,22H,6-11,13-16,18-19H2,1-5H3/b20-12+. The number of hydrogen-bond acceptors (Lipinski definition) is 8. The molecule has 0 saturated carbocycles. The molecule has 1 unspecified atom stereocenters. The van der Waals surface area contributed by atoms with E-state index in [4.69, 9.17) is 18.9 Å². The summed E-state index contributed by atoms with van der Waals surface area (Å²) in [5, 5.41) is 0. The molecule has 1 atom stereocenters. The molecule has 0 N–H and O–H groups in total. The third kappa shape index (κ3) is 8.71. The number of cyclic esters (lactones) is 1. The lowest BCUT2D eigenvalue weighted by atomic mass is 9.94. The van der Waals surface area contributed by atoms with Gasteiger partial charge in [-0.05, 0) is 51.0 Å². The van der Waals surface area contributed by atoms with Gasteiger partial charge in [0.25, 0.3) is 0 Å². The van der Waals surface area contributed by atoms with Gasteiger partial charge in [0.05, 0.1) is 13.7 Å².